The number of nitrogens with zero attached hydrogens (tertiary/aromatic N) is 2. The Hall–Kier alpha value is -4.91. The summed E-state index contributed by atoms with van der Waals surface area (Å²) in [6.07, 6.45) is 1.52. The molecule has 200 valence electrons. The molecule has 3 aromatic carbocycles. The number of hydrogen-bond donors (Lipinski definition) is 1. The Morgan fingerprint density at radius 2 is 1.68 bits per heavy atom. The predicted molar refractivity (Wildman–Crippen MR) is 154 cm³/mol. The third-order valence-electron chi connectivity index (χ3n) is 7.12. The molecule has 6 rings (SSSR count). The monoisotopic (exact) mass is 531 g/mol. The Morgan fingerprint density at radius 3 is 2.40 bits per heavy atom. The number of benzene rings is 3. The van der Waals surface area contributed by atoms with E-state index in [9.17, 15) is 4.79 Å². The first-order valence-corrected chi connectivity index (χ1v) is 13.4. The van der Waals surface area contributed by atoms with Crippen LogP contribution in [0.4, 0.5) is 11.5 Å². The number of para-hydroxylation sites is 1. The molecular weight excluding hydrogens is 502 g/mol. The second-order valence-electron chi connectivity index (χ2n) is 9.80. The van der Waals surface area contributed by atoms with E-state index in [4.69, 9.17) is 14.0 Å². The number of hydrogen-bond acceptors (Lipinski definition) is 7. The summed E-state index contributed by atoms with van der Waals surface area (Å²) in [5.41, 5.74) is 4.50. The zero-order valence-corrected chi connectivity index (χ0v) is 22.4. The van der Waals surface area contributed by atoms with Crippen molar-refractivity contribution in [2.24, 2.45) is 0 Å². The molecule has 1 aliphatic rings. The standard InChI is InChI=1S/C33H29N3O4/c1-3-38-32(37)33(19-20-33)24-17-18-26(23-11-6-4-7-12-23)27(21-24)31-30(22(2)36-40-31)35-28-15-10-16-29(34-28)39-25-13-8-5-9-14-25/h4-18,21H,3,19-20H2,1-2H3,(H,34,35). The number of esters is 1. The number of rotatable bonds is 9. The number of carbonyl (C=O) groups excluding carboxylic acids is 1. The number of ether oxygens (including phenoxy) is 2. The van der Waals surface area contributed by atoms with Gasteiger partial charge in [-0.2, -0.15) is 4.98 Å². The van der Waals surface area contributed by atoms with Gasteiger partial charge in [-0.05, 0) is 67.6 Å². The lowest BCUT2D eigenvalue weighted by Gasteiger charge is -2.18. The Bertz CT molecular complexity index is 1640. The van der Waals surface area contributed by atoms with Crippen molar-refractivity contribution in [3.63, 3.8) is 0 Å². The topological polar surface area (TPSA) is 86.5 Å². The molecule has 1 N–H and O–H groups in total. The van der Waals surface area contributed by atoms with Gasteiger partial charge in [0.1, 0.15) is 22.9 Å². The van der Waals surface area contributed by atoms with Crippen molar-refractivity contribution in [2.45, 2.75) is 32.1 Å². The van der Waals surface area contributed by atoms with E-state index in [2.05, 4.69) is 27.6 Å². The number of carbonyl (C=O) groups is 1. The van der Waals surface area contributed by atoms with Gasteiger partial charge in [-0.1, -0.05) is 71.9 Å². The van der Waals surface area contributed by atoms with Crippen LogP contribution in [0.1, 0.15) is 31.0 Å². The maximum absolute atomic E-state index is 12.9. The van der Waals surface area contributed by atoms with Gasteiger partial charge in [-0.25, -0.2) is 0 Å². The van der Waals surface area contributed by atoms with E-state index in [0.717, 1.165) is 35.1 Å². The molecule has 0 bridgehead atoms. The highest BCUT2D eigenvalue weighted by Gasteiger charge is 2.53. The molecule has 0 aliphatic heterocycles. The number of nitrogens with one attached hydrogen (secondary N) is 1. The van der Waals surface area contributed by atoms with Gasteiger partial charge in [0.2, 0.25) is 5.88 Å². The average Bonchev–Trinajstić information content (AvgIpc) is 3.73. The van der Waals surface area contributed by atoms with Gasteiger partial charge >= 0.3 is 5.97 Å². The first-order valence-electron chi connectivity index (χ1n) is 13.4. The summed E-state index contributed by atoms with van der Waals surface area (Å²) in [4.78, 5) is 17.6. The molecule has 1 aliphatic carbocycles. The summed E-state index contributed by atoms with van der Waals surface area (Å²) < 4.78 is 17.3. The highest BCUT2D eigenvalue weighted by atomic mass is 16.5. The van der Waals surface area contributed by atoms with Crippen molar-refractivity contribution in [1.29, 1.82) is 0 Å². The number of aromatic nitrogens is 2. The number of anilines is 2. The third kappa shape index (κ3) is 4.94. The fraction of sp³-hybridized carbons (Fsp3) is 0.182. The molecule has 5 aromatic rings. The molecule has 2 heterocycles. The van der Waals surface area contributed by atoms with Crippen LogP contribution in [-0.2, 0) is 14.9 Å². The summed E-state index contributed by atoms with van der Waals surface area (Å²) in [5.74, 6) is 2.13. The lowest BCUT2D eigenvalue weighted by molar-refractivity contribution is -0.146. The zero-order chi connectivity index (χ0) is 27.5. The van der Waals surface area contributed by atoms with Crippen molar-refractivity contribution < 1.29 is 18.8 Å². The van der Waals surface area contributed by atoms with Gasteiger partial charge in [0, 0.05) is 11.6 Å². The normalized spacial score (nSPS) is 13.4. The van der Waals surface area contributed by atoms with Gasteiger partial charge < -0.3 is 19.3 Å². The minimum atomic E-state index is -0.618. The summed E-state index contributed by atoms with van der Waals surface area (Å²) in [6, 6.07) is 31.3. The Balaban J connectivity index is 1.40. The van der Waals surface area contributed by atoms with Crippen LogP contribution in [0.3, 0.4) is 0 Å². The van der Waals surface area contributed by atoms with E-state index in [-0.39, 0.29) is 5.97 Å². The third-order valence-corrected chi connectivity index (χ3v) is 7.12. The van der Waals surface area contributed by atoms with E-state index in [0.29, 0.717) is 41.2 Å². The van der Waals surface area contributed by atoms with E-state index < -0.39 is 5.41 Å². The van der Waals surface area contributed by atoms with Crippen molar-refractivity contribution in [3.8, 4) is 34.1 Å². The predicted octanol–water partition coefficient (Wildman–Crippen LogP) is 7.84. The summed E-state index contributed by atoms with van der Waals surface area (Å²) in [5, 5.41) is 7.70. The maximum Gasteiger partial charge on any atom is 0.316 e. The second-order valence-corrected chi connectivity index (χ2v) is 9.80. The highest BCUT2D eigenvalue weighted by Crippen LogP contribution is 2.51. The van der Waals surface area contributed by atoms with Crippen molar-refractivity contribution in [2.75, 3.05) is 11.9 Å². The van der Waals surface area contributed by atoms with E-state index >= 15 is 0 Å². The summed E-state index contributed by atoms with van der Waals surface area (Å²) in [7, 11) is 0. The van der Waals surface area contributed by atoms with Gasteiger partial charge in [0.05, 0.1) is 12.0 Å². The molecule has 7 heteroatoms. The lowest BCUT2D eigenvalue weighted by atomic mass is 9.89. The van der Waals surface area contributed by atoms with Gasteiger partial charge in [0.15, 0.2) is 5.76 Å². The molecule has 2 aromatic heterocycles. The smallest absolute Gasteiger partial charge is 0.316 e. The maximum atomic E-state index is 12.9. The highest BCUT2D eigenvalue weighted by molar-refractivity contribution is 5.92. The zero-order valence-electron chi connectivity index (χ0n) is 22.4. The fourth-order valence-electron chi connectivity index (χ4n) is 4.88. The Labute approximate surface area is 232 Å². The van der Waals surface area contributed by atoms with Gasteiger partial charge in [0.25, 0.3) is 0 Å². The summed E-state index contributed by atoms with van der Waals surface area (Å²) >= 11 is 0. The van der Waals surface area contributed by atoms with Crippen molar-refractivity contribution in [3.05, 3.63) is 108 Å². The van der Waals surface area contributed by atoms with Crippen molar-refractivity contribution >= 4 is 17.5 Å². The molecule has 0 amide bonds. The summed E-state index contributed by atoms with van der Waals surface area (Å²) in [6.45, 7) is 4.07. The molecule has 0 unspecified atom stereocenters. The SMILES string of the molecule is CCOC(=O)C1(c2ccc(-c3ccccc3)c(-c3onc(C)c3Nc3cccc(Oc4ccccc4)n3)c2)CC1. The molecule has 1 fully saturated rings. The van der Waals surface area contributed by atoms with E-state index in [1.807, 2.05) is 92.7 Å². The lowest BCUT2D eigenvalue weighted by Crippen LogP contribution is -2.23. The van der Waals surface area contributed by atoms with Crippen LogP contribution in [0.5, 0.6) is 11.6 Å². The van der Waals surface area contributed by atoms with Crippen LogP contribution in [0, 0.1) is 6.92 Å². The number of pyridine rings is 1. The molecule has 0 atom stereocenters. The minimum Gasteiger partial charge on any atom is -0.465 e. The molecule has 1 saturated carbocycles. The molecular formula is C33H29N3O4. The van der Waals surface area contributed by atoms with Gasteiger partial charge in [-0.3, -0.25) is 4.79 Å². The van der Waals surface area contributed by atoms with Crippen LogP contribution in [0.25, 0.3) is 22.5 Å². The van der Waals surface area contributed by atoms with E-state index in [1.165, 1.54) is 0 Å². The average molecular weight is 532 g/mol. The van der Waals surface area contributed by atoms with Crippen LogP contribution < -0.4 is 10.1 Å². The fourth-order valence-corrected chi connectivity index (χ4v) is 4.88. The second kappa shape index (κ2) is 10.7. The molecule has 0 spiro atoms. The Morgan fingerprint density at radius 1 is 0.925 bits per heavy atom. The largest absolute Gasteiger partial charge is 0.465 e. The van der Waals surface area contributed by atoms with Crippen LogP contribution >= 0.6 is 0 Å². The molecule has 40 heavy (non-hydrogen) atoms. The molecule has 0 saturated heterocycles. The number of aryl methyl sites for hydroxylation is 1. The van der Waals surface area contributed by atoms with Crippen molar-refractivity contribution in [1.82, 2.24) is 10.1 Å². The first-order chi connectivity index (χ1) is 19.6. The van der Waals surface area contributed by atoms with Crippen LogP contribution in [-0.4, -0.2) is 22.7 Å². The van der Waals surface area contributed by atoms with Gasteiger partial charge in [-0.15, -0.1) is 0 Å². The first kappa shape index (κ1) is 25.4. The molecule has 0 radical (unpaired) electrons. The molecule has 7 nitrogen and oxygen atoms in total. The quantitative estimate of drug-likeness (QED) is 0.194. The van der Waals surface area contributed by atoms with Crippen LogP contribution in [0.2, 0.25) is 0 Å². The minimum absolute atomic E-state index is 0.181. The van der Waals surface area contributed by atoms with E-state index in [1.54, 1.807) is 6.07 Å². The van der Waals surface area contributed by atoms with Crippen LogP contribution in [0.15, 0.2) is 102 Å². The Kier molecular flexibility index (Phi) is 6.78.